The Morgan fingerprint density at radius 1 is 1.11 bits per heavy atom. The number of benzene rings is 2. The summed E-state index contributed by atoms with van der Waals surface area (Å²) in [5, 5.41) is 11.5. The maximum Gasteiger partial charge on any atom is 0.273 e. The SMILES string of the molecule is O=[N+]([O-])c1ccccc1CSc1ccc(Cl)cc1. The molecule has 18 heavy (non-hydrogen) atoms. The van der Waals surface area contributed by atoms with Crippen LogP contribution in [0.2, 0.25) is 5.02 Å². The fourth-order valence-electron chi connectivity index (χ4n) is 1.50. The lowest BCUT2D eigenvalue weighted by Crippen LogP contribution is -1.93. The molecule has 0 aromatic heterocycles. The Hall–Kier alpha value is -1.52. The van der Waals surface area contributed by atoms with E-state index in [-0.39, 0.29) is 10.6 Å². The molecule has 0 spiro atoms. The largest absolute Gasteiger partial charge is 0.273 e. The van der Waals surface area contributed by atoms with Crippen LogP contribution in [-0.4, -0.2) is 4.92 Å². The van der Waals surface area contributed by atoms with Gasteiger partial charge in [0, 0.05) is 27.3 Å². The lowest BCUT2D eigenvalue weighted by atomic mass is 10.2. The van der Waals surface area contributed by atoms with E-state index in [1.54, 1.807) is 23.9 Å². The molecule has 0 heterocycles. The van der Waals surface area contributed by atoms with Crippen LogP contribution in [0.1, 0.15) is 5.56 Å². The maximum absolute atomic E-state index is 10.9. The van der Waals surface area contributed by atoms with Gasteiger partial charge in [0.1, 0.15) is 0 Å². The van der Waals surface area contributed by atoms with Gasteiger partial charge in [-0.2, -0.15) is 0 Å². The summed E-state index contributed by atoms with van der Waals surface area (Å²) in [5.74, 6) is 0.568. The van der Waals surface area contributed by atoms with Gasteiger partial charge in [-0.25, -0.2) is 0 Å². The van der Waals surface area contributed by atoms with Gasteiger partial charge < -0.3 is 0 Å². The van der Waals surface area contributed by atoms with Crippen LogP contribution in [0.25, 0.3) is 0 Å². The third-order valence-corrected chi connectivity index (χ3v) is 3.71. The summed E-state index contributed by atoms with van der Waals surface area (Å²) in [6, 6.07) is 14.2. The van der Waals surface area contributed by atoms with Crippen LogP contribution in [0.4, 0.5) is 5.69 Å². The summed E-state index contributed by atoms with van der Waals surface area (Å²) >= 11 is 7.35. The maximum atomic E-state index is 10.9. The van der Waals surface area contributed by atoms with Crippen molar-refractivity contribution in [2.24, 2.45) is 0 Å². The summed E-state index contributed by atoms with van der Waals surface area (Å²) in [5.41, 5.74) is 0.890. The van der Waals surface area contributed by atoms with E-state index in [0.29, 0.717) is 10.8 Å². The second-order valence-corrected chi connectivity index (χ2v) is 5.11. The number of nitro groups is 1. The average molecular weight is 280 g/mol. The Labute approximate surface area is 114 Å². The highest BCUT2D eigenvalue weighted by Gasteiger charge is 2.11. The molecule has 2 aromatic carbocycles. The van der Waals surface area contributed by atoms with Crippen molar-refractivity contribution in [3.8, 4) is 0 Å². The Balaban J connectivity index is 2.10. The van der Waals surface area contributed by atoms with Gasteiger partial charge in [0.05, 0.1) is 4.92 Å². The van der Waals surface area contributed by atoms with Crippen LogP contribution in [0.15, 0.2) is 53.4 Å². The average Bonchev–Trinajstić information content (AvgIpc) is 2.38. The predicted molar refractivity (Wildman–Crippen MR) is 74.1 cm³/mol. The molecule has 92 valence electrons. The zero-order valence-corrected chi connectivity index (χ0v) is 10.9. The highest BCUT2D eigenvalue weighted by molar-refractivity contribution is 7.98. The first-order chi connectivity index (χ1) is 8.66. The molecule has 0 N–H and O–H groups in total. The molecule has 0 bridgehead atoms. The Bertz CT molecular complexity index is 557. The fraction of sp³-hybridized carbons (Fsp3) is 0.0769. The lowest BCUT2D eigenvalue weighted by molar-refractivity contribution is -0.385. The molecule has 0 aliphatic carbocycles. The quantitative estimate of drug-likeness (QED) is 0.469. The number of nitrogens with zero attached hydrogens (tertiary/aromatic N) is 1. The van der Waals surface area contributed by atoms with Crippen molar-refractivity contribution in [3.05, 3.63) is 69.2 Å². The molecule has 0 aliphatic rings. The van der Waals surface area contributed by atoms with Crippen molar-refractivity contribution in [3.63, 3.8) is 0 Å². The topological polar surface area (TPSA) is 43.1 Å². The minimum Gasteiger partial charge on any atom is -0.258 e. The second kappa shape index (κ2) is 5.89. The first-order valence-corrected chi connectivity index (χ1v) is 6.64. The van der Waals surface area contributed by atoms with Crippen molar-refractivity contribution in [2.75, 3.05) is 0 Å². The zero-order chi connectivity index (χ0) is 13.0. The highest BCUT2D eigenvalue weighted by atomic mass is 35.5. The predicted octanol–water partition coefficient (Wildman–Crippen LogP) is 4.54. The van der Waals surface area contributed by atoms with Gasteiger partial charge in [-0.1, -0.05) is 29.8 Å². The number of hydrogen-bond acceptors (Lipinski definition) is 3. The second-order valence-electron chi connectivity index (χ2n) is 3.63. The summed E-state index contributed by atoms with van der Waals surface area (Å²) in [4.78, 5) is 11.5. The minimum atomic E-state index is -0.349. The van der Waals surface area contributed by atoms with E-state index >= 15 is 0 Å². The molecular weight excluding hydrogens is 270 g/mol. The van der Waals surface area contributed by atoms with Gasteiger partial charge in [-0.3, -0.25) is 10.1 Å². The first kappa shape index (κ1) is 12.9. The summed E-state index contributed by atoms with van der Waals surface area (Å²) in [6.45, 7) is 0. The molecule has 0 unspecified atom stereocenters. The van der Waals surface area contributed by atoms with Gasteiger partial charge in [-0.15, -0.1) is 11.8 Å². The van der Waals surface area contributed by atoms with Crippen LogP contribution in [0.5, 0.6) is 0 Å². The van der Waals surface area contributed by atoms with E-state index in [1.807, 2.05) is 30.3 Å². The molecule has 0 radical (unpaired) electrons. The Morgan fingerprint density at radius 3 is 2.44 bits per heavy atom. The van der Waals surface area contributed by atoms with Crippen LogP contribution < -0.4 is 0 Å². The van der Waals surface area contributed by atoms with Gasteiger partial charge in [0.2, 0.25) is 0 Å². The molecule has 0 aliphatic heterocycles. The molecule has 2 aromatic rings. The van der Waals surface area contributed by atoms with Crippen molar-refractivity contribution >= 4 is 29.1 Å². The van der Waals surface area contributed by atoms with Crippen molar-refractivity contribution in [1.29, 1.82) is 0 Å². The third kappa shape index (κ3) is 3.24. The third-order valence-electron chi connectivity index (χ3n) is 2.40. The number of halogens is 1. The molecule has 5 heteroatoms. The normalized spacial score (nSPS) is 10.3. The molecule has 0 atom stereocenters. The van der Waals surface area contributed by atoms with Crippen LogP contribution in [-0.2, 0) is 5.75 Å². The fourth-order valence-corrected chi connectivity index (χ4v) is 2.52. The zero-order valence-electron chi connectivity index (χ0n) is 9.38. The molecular formula is C13H10ClNO2S. The molecule has 0 saturated carbocycles. The standard InChI is InChI=1S/C13H10ClNO2S/c14-11-5-7-12(8-6-11)18-9-10-3-1-2-4-13(10)15(16)17/h1-8H,9H2. The van der Waals surface area contributed by atoms with Crippen molar-refractivity contribution in [2.45, 2.75) is 10.6 Å². The van der Waals surface area contributed by atoms with E-state index < -0.39 is 0 Å². The van der Waals surface area contributed by atoms with Crippen LogP contribution in [0.3, 0.4) is 0 Å². The summed E-state index contributed by atoms with van der Waals surface area (Å²) in [7, 11) is 0. The Kier molecular flexibility index (Phi) is 4.23. The lowest BCUT2D eigenvalue weighted by Gasteiger charge is -2.03. The van der Waals surface area contributed by atoms with Crippen LogP contribution >= 0.6 is 23.4 Å². The van der Waals surface area contributed by atoms with Gasteiger partial charge >= 0.3 is 0 Å². The molecule has 3 nitrogen and oxygen atoms in total. The molecule has 0 saturated heterocycles. The number of thioether (sulfide) groups is 1. The minimum absolute atomic E-state index is 0.166. The number of para-hydroxylation sites is 1. The van der Waals surface area contributed by atoms with Crippen LogP contribution in [0, 0.1) is 10.1 Å². The Morgan fingerprint density at radius 2 is 1.78 bits per heavy atom. The first-order valence-electron chi connectivity index (χ1n) is 5.27. The highest BCUT2D eigenvalue weighted by Crippen LogP contribution is 2.28. The van der Waals surface area contributed by atoms with Crippen molar-refractivity contribution in [1.82, 2.24) is 0 Å². The van der Waals surface area contributed by atoms with E-state index in [1.165, 1.54) is 6.07 Å². The van der Waals surface area contributed by atoms with E-state index in [4.69, 9.17) is 11.6 Å². The number of nitro benzene ring substituents is 1. The number of hydrogen-bond donors (Lipinski definition) is 0. The van der Waals surface area contributed by atoms with E-state index in [2.05, 4.69) is 0 Å². The van der Waals surface area contributed by atoms with Crippen molar-refractivity contribution < 1.29 is 4.92 Å². The summed E-state index contributed by atoms with van der Waals surface area (Å²) < 4.78 is 0. The monoisotopic (exact) mass is 279 g/mol. The summed E-state index contributed by atoms with van der Waals surface area (Å²) in [6.07, 6.45) is 0. The van der Waals surface area contributed by atoms with Gasteiger partial charge in [0.15, 0.2) is 0 Å². The molecule has 2 rings (SSSR count). The van der Waals surface area contributed by atoms with E-state index in [0.717, 1.165) is 10.5 Å². The number of rotatable bonds is 4. The molecule has 0 amide bonds. The molecule has 0 fully saturated rings. The smallest absolute Gasteiger partial charge is 0.258 e. The van der Waals surface area contributed by atoms with Gasteiger partial charge in [-0.05, 0) is 24.3 Å². The van der Waals surface area contributed by atoms with E-state index in [9.17, 15) is 10.1 Å². The van der Waals surface area contributed by atoms with Gasteiger partial charge in [0.25, 0.3) is 5.69 Å².